The molecule has 5 rings (SSSR count). The second-order valence-corrected chi connectivity index (χ2v) is 8.86. The molecule has 0 unspecified atom stereocenters. The van der Waals surface area contributed by atoms with Crippen molar-refractivity contribution < 1.29 is 14.3 Å². The molecular weight excluding hydrogens is 424 g/mol. The lowest BCUT2D eigenvalue weighted by Gasteiger charge is -2.30. The Hall–Kier alpha value is -3.73. The zero-order valence-electron chi connectivity index (χ0n) is 19.6. The average Bonchev–Trinajstić information content (AvgIpc) is 3.05. The van der Waals surface area contributed by atoms with Crippen molar-refractivity contribution in [1.82, 2.24) is 0 Å². The molecule has 0 fully saturated rings. The number of hydrogen-bond acceptors (Lipinski definition) is 5. The molecule has 0 saturated carbocycles. The highest BCUT2D eigenvalue weighted by molar-refractivity contribution is 6.01. The lowest BCUT2D eigenvalue weighted by Crippen LogP contribution is -2.26. The van der Waals surface area contributed by atoms with Crippen molar-refractivity contribution in [2.24, 2.45) is 0 Å². The van der Waals surface area contributed by atoms with E-state index in [0.29, 0.717) is 13.0 Å². The highest BCUT2D eigenvalue weighted by Gasteiger charge is 2.36. The second-order valence-electron chi connectivity index (χ2n) is 8.86. The van der Waals surface area contributed by atoms with Crippen molar-refractivity contribution in [3.05, 3.63) is 95.2 Å². The van der Waals surface area contributed by atoms with E-state index < -0.39 is 0 Å². The van der Waals surface area contributed by atoms with E-state index >= 15 is 0 Å². The van der Waals surface area contributed by atoms with Crippen LogP contribution in [0, 0.1) is 0 Å². The summed E-state index contributed by atoms with van der Waals surface area (Å²) in [5, 5.41) is 7.24. The molecule has 174 valence electrons. The van der Waals surface area contributed by atoms with E-state index in [1.54, 1.807) is 7.11 Å². The molecule has 2 atom stereocenters. The number of allylic oxidation sites excluding steroid dienone is 1. The molecule has 1 heterocycles. The smallest absolute Gasteiger partial charge is 0.163 e. The number of anilines is 2. The van der Waals surface area contributed by atoms with Gasteiger partial charge < -0.3 is 20.1 Å². The van der Waals surface area contributed by atoms with Gasteiger partial charge in [-0.1, -0.05) is 43.3 Å². The van der Waals surface area contributed by atoms with Crippen molar-refractivity contribution in [1.29, 1.82) is 0 Å². The molecule has 0 spiro atoms. The number of carbonyl (C=O) groups excluding carboxylic acids is 1. The van der Waals surface area contributed by atoms with Crippen LogP contribution in [-0.2, 0) is 4.79 Å². The number of fused-ring (bicyclic) bond motifs is 1. The Kier molecular flexibility index (Phi) is 6.26. The van der Waals surface area contributed by atoms with Crippen LogP contribution in [0.4, 0.5) is 11.4 Å². The Morgan fingerprint density at radius 1 is 0.853 bits per heavy atom. The van der Waals surface area contributed by atoms with Crippen LogP contribution in [0.1, 0.15) is 49.3 Å². The molecule has 1 aliphatic carbocycles. The predicted octanol–water partition coefficient (Wildman–Crippen LogP) is 6.46. The summed E-state index contributed by atoms with van der Waals surface area (Å²) in [5.41, 5.74) is 5.99. The first-order valence-corrected chi connectivity index (χ1v) is 11.9. The van der Waals surface area contributed by atoms with E-state index in [4.69, 9.17) is 9.47 Å². The minimum Gasteiger partial charge on any atom is -0.497 e. The van der Waals surface area contributed by atoms with Crippen LogP contribution in [0.15, 0.2) is 84.1 Å². The van der Waals surface area contributed by atoms with Crippen molar-refractivity contribution in [2.75, 3.05) is 24.4 Å². The minimum atomic E-state index is -0.226. The maximum Gasteiger partial charge on any atom is 0.163 e. The maximum absolute atomic E-state index is 13.6. The number of hydrogen-bond donors (Lipinski definition) is 2. The Bertz CT molecular complexity index is 1200. The molecule has 0 bridgehead atoms. The number of para-hydroxylation sites is 2. The van der Waals surface area contributed by atoms with Crippen LogP contribution in [0.25, 0.3) is 0 Å². The molecule has 5 heteroatoms. The zero-order chi connectivity index (χ0) is 23.5. The maximum atomic E-state index is 13.6. The molecule has 2 N–H and O–H groups in total. The van der Waals surface area contributed by atoms with Gasteiger partial charge in [-0.3, -0.25) is 4.79 Å². The summed E-state index contributed by atoms with van der Waals surface area (Å²) in [6.07, 6.45) is 2.23. The third-order valence-electron chi connectivity index (χ3n) is 6.58. The van der Waals surface area contributed by atoms with Crippen LogP contribution in [-0.4, -0.2) is 19.5 Å². The molecule has 0 saturated heterocycles. The fourth-order valence-corrected chi connectivity index (χ4v) is 4.83. The van der Waals surface area contributed by atoms with Crippen LogP contribution in [0.3, 0.4) is 0 Å². The van der Waals surface area contributed by atoms with Gasteiger partial charge in [0.25, 0.3) is 0 Å². The SMILES string of the molecule is CCCOc1ccc([C@@H]2Nc3ccccc3NC3=C2C(=O)C[C@@H](c2ccc(OC)cc2)C3)cc1. The Balaban J connectivity index is 1.51. The van der Waals surface area contributed by atoms with Crippen LogP contribution >= 0.6 is 0 Å². The molecule has 3 aromatic rings. The molecular formula is C29H30N2O3. The van der Waals surface area contributed by atoms with Gasteiger partial charge >= 0.3 is 0 Å². The van der Waals surface area contributed by atoms with Gasteiger partial charge in [-0.15, -0.1) is 0 Å². The summed E-state index contributed by atoms with van der Waals surface area (Å²) in [6, 6.07) is 24.1. The number of ketones is 1. The number of rotatable bonds is 6. The molecule has 3 aromatic carbocycles. The second kappa shape index (κ2) is 9.64. The largest absolute Gasteiger partial charge is 0.497 e. The number of nitrogens with one attached hydrogen (secondary N) is 2. The van der Waals surface area contributed by atoms with E-state index in [-0.39, 0.29) is 17.7 Å². The molecule has 1 aliphatic heterocycles. The standard InChI is InChI=1S/C29H30N2O3/c1-3-16-34-23-14-10-20(11-15-23)29-28-26(30-24-6-4-5-7-25(24)31-29)17-21(18-27(28)32)19-8-12-22(33-2)13-9-19/h4-15,21,29-31H,3,16-18H2,1-2H3/t21-,29-/m0/s1. The van der Waals surface area contributed by atoms with Crippen LogP contribution in [0.5, 0.6) is 11.5 Å². The zero-order valence-corrected chi connectivity index (χ0v) is 19.6. The topological polar surface area (TPSA) is 59.6 Å². The van der Waals surface area contributed by atoms with E-state index in [1.165, 1.54) is 0 Å². The van der Waals surface area contributed by atoms with Crippen LogP contribution < -0.4 is 20.1 Å². The van der Waals surface area contributed by atoms with Gasteiger partial charge in [0, 0.05) is 17.7 Å². The average molecular weight is 455 g/mol. The highest BCUT2D eigenvalue weighted by Crippen LogP contribution is 2.44. The monoisotopic (exact) mass is 454 g/mol. The summed E-state index contributed by atoms with van der Waals surface area (Å²) in [7, 11) is 1.67. The van der Waals surface area contributed by atoms with Gasteiger partial charge in [-0.05, 0) is 66.3 Å². The lowest BCUT2D eigenvalue weighted by molar-refractivity contribution is -0.116. The molecule has 0 aromatic heterocycles. The number of ether oxygens (including phenoxy) is 2. The summed E-state index contributed by atoms with van der Waals surface area (Å²) in [6.45, 7) is 2.79. The van der Waals surface area contributed by atoms with Crippen LogP contribution in [0.2, 0.25) is 0 Å². The number of Topliss-reactive ketones (excluding diaryl/α,β-unsaturated/α-hetero) is 1. The lowest BCUT2D eigenvalue weighted by atomic mass is 9.78. The van der Waals surface area contributed by atoms with Gasteiger partial charge in [0.15, 0.2) is 5.78 Å². The van der Waals surface area contributed by atoms with E-state index in [1.807, 2.05) is 36.4 Å². The summed E-state index contributed by atoms with van der Waals surface area (Å²) in [5.74, 6) is 1.97. The van der Waals surface area contributed by atoms with Gasteiger partial charge in [0.1, 0.15) is 11.5 Å². The van der Waals surface area contributed by atoms with E-state index in [0.717, 1.165) is 58.1 Å². The molecule has 2 aliphatic rings. The predicted molar refractivity (Wildman–Crippen MR) is 136 cm³/mol. The third-order valence-corrected chi connectivity index (χ3v) is 6.58. The fraction of sp³-hybridized carbons (Fsp3) is 0.276. The number of methoxy groups -OCH3 is 1. The van der Waals surface area contributed by atoms with E-state index in [2.05, 4.69) is 54.0 Å². The highest BCUT2D eigenvalue weighted by atomic mass is 16.5. The first-order valence-electron chi connectivity index (χ1n) is 11.9. The Morgan fingerprint density at radius 3 is 2.24 bits per heavy atom. The van der Waals surface area contributed by atoms with Gasteiger partial charge in [0.05, 0.1) is 31.1 Å². The minimum absolute atomic E-state index is 0.125. The van der Waals surface area contributed by atoms with Crippen molar-refractivity contribution >= 4 is 17.2 Å². The quantitative estimate of drug-likeness (QED) is 0.447. The summed E-state index contributed by atoms with van der Waals surface area (Å²) in [4.78, 5) is 13.6. The van der Waals surface area contributed by atoms with Crippen molar-refractivity contribution in [3.63, 3.8) is 0 Å². The number of carbonyl (C=O) groups is 1. The Labute approximate surface area is 200 Å². The summed E-state index contributed by atoms with van der Waals surface area (Å²) < 4.78 is 11.1. The fourth-order valence-electron chi connectivity index (χ4n) is 4.83. The van der Waals surface area contributed by atoms with Gasteiger partial charge in [-0.2, -0.15) is 0 Å². The molecule has 34 heavy (non-hydrogen) atoms. The van der Waals surface area contributed by atoms with Crippen molar-refractivity contribution in [2.45, 2.75) is 38.1 Å². The molecule has 0 radical (unpaired) electrons. The number of benzene rings is 3. The van der Waals surface area contributed by atoms with E-state index in [9.17, 15) is 4.79 Å². The molecule has 0 amide bonds. The molecule has 5 nitrogen and oxygen atoms in total. The first-order chi connectivity index (χ1) is 16.7. The van der Waals surface area contributed by atoms with Gasteiger partial charge in [-0.25, -0.2) is 0 Å². The van der Waals surface area contributed by atoms with Gasteiger partial charge in [0.2, 0.25) is 0 Å². The van der Waals surface area contributed by atoms with Crippen molar-refractivity contribution in [3.8, 4) is 11.5 Å². The summed E-state index contributed by atoms with van der Waals surface area (Å²) >= 11 is 0. The normalized spacial score (nSPS) is 19.3. The first kappa shape index (κ1) is 22.1. The third kappa shape index (κ3) is 4.38. The Morgan fingerprint density at radius 2 is 1.53 bits per heavy atom.